The number of anilines is 2. The van der Waals surface area contributed by atoms with E-state index in [4.69, 9.17) is 15.2 Å². The van der Waals surface area contributed by atoms with Gasteiger partial charge in [-0.25, -0.2) is 13.8 Å². The van der Waals surface area contributed by atoms with Gasteiger partial charge in [0, 0.05) is 24.4 Å². The van der Waals surface area contributed by atoms with Crippen LogP contribution in [0.4, 0.5) is 20.3 Å². The highest BCUT2D eigenvalue weighted by atomic mass is 19.3. The third-order valence-corrected chi connectivity index (χ3v) is 5.22. The number of halogens is 2. The van der Waals surface area contributed by atoms with E-state index in [1.807, 2.05) is 0 Å². The number of ether oxygens (including phenoxy) is 2. The van der Waals surface area contributed by atoms with Gasteiger partial charge >= 0.3 is 0 Å². The van der Waals surface area contributed by atoms with Gasteiger partial charge in [-0.15, -0.1) is 0 Å². The van der Waals surface area contributed by atoms with Crippen LogP contribution in [-0.4, -0.2) is 59.7 Å². The Bertz CT molecular complexity index is 992. The first-order valence-electron chi connectivity index (χ1n) is 9.95. The highest BCUT2D eigenvalue weighted by molar-refractivity contribution is 5.96. The Labute approximate surface area is 177 Å². The number of carbonyl (C=O) groups is 2. The third kappa shape index (κ3) is 4.31. The third-order valence-electron chi connectivity index (χ3n) is 5.22. The molecule has 4 rings (SSSR count). The number of primary amides is 1. The van der Waals surface area contributed by atoms with Crippen molar-refractivity contribution in [3.05, 3.63) is 24.4 Å². The molecule has 2 aromatic rings. The van der Waals surface area contributed by atoms with Crippen molar-refractivity contribution in [2.24, 2.45) is 5.73 Å². The maximum absolute atomic E-state index is 13.2. The fourth-order valence-corrected chi connectivity index (χ4v) is 3.45. The molecule has 2 atom stereocenters. The van der Waals surface area contributed by atoms with E-state index in [1.165, 1.54) is 0 Å². The van der Waals surface area contributed by atoms with Crippen molar-refractivity contribution >= 4 is 23.3 Å². The Morgan fingerprint density at radius 1 is 1.39 bits per heavy atom. The molecule has 1 fully saturated rings. The van der Waals surface area contributed by atoms with Gasteiger partial charge in [-0.3, -0.25) is 14.5 Å². The largest absolute Gasteiger partial charge is 0.491 e. The van der Waals surface area contributed by atoms with Gasteiger partial charge < -0.3 is 25.1 Å². The number of amides is 2. The van der Waals surface area contributed by atoms with Crippen LogP contribution >= 0.6 is 0 Å². The van der Waals surface area contributed by atoms with Crippen molar-refractivity contribution in [3.8, 4) is 17.1 Å². The first-order chi connectivity index (χ1) is 14.8. The summed E-state index contributed by atoms with van der Waals surface area (Å²) in [6, 6.07) is 4.66. The molecule has 1 aromatic heterocycles. The van der Waals surface area contributed by atoms with E-state index in [-0.39, 0.29) is 5.82 Å². The summed E-state index contributed by atoms with van der Waals surface area (Å²) >= 11 is 0. The molecule has 11 heteroatoms. The van der Waals surface area contributed by atoms with Crippen LogP contribution in [0.3, 0.4) is 0 Å². The molecule has 3 heterocycles. The standard InChI is InChI=1S/C20H23F2N5O4/c1-11(18(23)28)24-12-2-3-13-15(8-12)31-7-5-26-10-17(25-19(13)26)27(9-16(21)22)20(29)14-4-6-30-14/h2-3,8,10-11,14,16,24H,4-7,9H2,1H3,(H2,23,28)/t11?,14-/m0/s1. The van der Waals surface area contributed by atoms with Gasteiger partial charge in [0.05, 0.1) is 25.3 Å². The molecule has 0 spiro atoms. The van der Waals surface area contributed by atoms with Gasteiger partial charge in [-0.2, -0.15) is 0 Å². The number of fused-ring (bicyclic) bond motifs is 3. The van der Waals surface area contributed by atoms with Gasteiger partial charge in [-0.05, 0) is 19.1 Å². The maximum atomic E-state index is 13.2. The minimum absolute atomic E-state index is 0.146. The van der Waals surface area contributed by atoms with Crippen molar-refractivity contribution < 1.29 is 27.8 Å². The van der Waals surface area contributed by atoms with Crippen molar-refractivity contribution in [3.63, 3.8) is 0 Å². The normalized spacial score (nSPS) is 18.1. The predicted octanol–water partition coefficient (Wildman–Crippen LogP) is 1.62. The number of carbonyl (C=O) groups excluding carboxylic acids is 2. The lowest BCUT2D eigenvalue weighted by Crippen LogP contribution is -2.47. The van der Waals surface area contributed by atoms with E-state index < -0.39 is 36.9 Å². The molecule has 1 unspecified atom stereocenters. The molecule has 166 valence electrons. The molecule has 9 nitrogen and oxygen atoms in total. The minimum atomic E-state index is -2.71. The molecule has 2 aliphatic heterocycles. The summed E-state index contributed by atoms with van der Waals surface area (Å²) < 4.78 is 39.1. The van der Waals surface area contributed by atoms with E-state index in [9.17, 15) is 18.4 Å². The summed E-state index contributed by atoms with van der Waals surface area (Å²) in [4.78, 5) is 29.4. The molecule has 1 aromatic carbocycles. The lowest BCUT2D eigenvalue weighted by molar-refractivity contribution is -0.142. The number of alkyl halides is 2. The van der Waals surface area contributed by atoms with Gasteiger partial charge in [0.1, 0.15) is 30.3 Å². The van der Waals surface area contributed by atoms with Gasteiger partial charge in [0.25, 0.3) is 12.3 Å². The molecule has 3 N–H and O–H groups in total. The Kier molecular flexibility index (Phi) is 5.77. The Morgan fingerprint density at radius 2 is 2.16 bits per heavy atom. The number of rotatable bonds is 7. The number of nitrogens with two attached hydrogens (primary N) is 1. The molecule has 2 aliphatic rings. The van der Waals surface area contributed by atoms with Gasteiger partial charge in [-0.1, -0.05) is 0 Å². The van der Waals surface area contributed by atoms with Crippen molar-refractivity contribution in [2.75, 3.05) is 30.0 Å². The van der Waals surface area contributed by atoms with Crippen molar-refractivity contribution in [1.29, 1.82) is 0 Å². The zero-order chi connectivity index (χ0) is 22.1. The summed E-state index contributed by atoms with van der Waals surface area (Å²) in [5.74, 6) is 0.157. The van der Waals surface area contributed by atoms with Crippen LogP contribution in [0, 0.1) is 0 Å². The smallest absolute Gasteiger partial charge is 0.257 e. The monoisotopic (exact) mass is 435 g/mol. The topological polar surface area (TPSA) is 112 Å². The molecule has 1 saturated heterocycles. The second kappa shape index (κ2) is 8.50. The number of aromatic nitrogens is 2. The first-order valence-corrected chi connectivity index (χ1v) is 9.95. The second-order valence-corrected chi connectivity index (χ2v) is 7.43. The predicted molar refractivity (Wildman–Crippen MR) is 108 cm³/mol. The average molecular weight is 435 g/mol. The van der Waals surface area contributed by atoms with Gasteiger partial charge in [0.2, 0.25) is 5.91 Å². The summed E-state index contributed by atoms with van der Waals surface area (Å²) in [5, 5.41) is 2.99. The number of benzene rings is 1. The first kappa shape index (κ1) is 21.0. The van der Waals surface area contributed by atoms with Crippen LogP contribution in [-0.2, 0) is 20.9 Å². The quantitative estimate of drug-likeness (QED) is 0.684. The summed E-state index contributed by atoms with van der Waals surface area (Å²) in [6.07, 6.45) is -1.34. The average Bonchev–Trinajstić information content (AvgIpc) is 3.00. The summed E-state index contributed by atoms with van der Waals surface area (Å²) in [7, 11) is 0. The number of imidazole rings is 1. The molecule has 0 saturated carbocycles. The maximum Gasteiger partial charge on any atom is 0.257 e. The zero-order valence-corrected chi connectivity index (χ0v) is 16.9. The van der Waals surface area contributed by atoms with E-state index in [0.29, 0.717) is 49.0 Å². The van der Waals surface area contributed by atoms with Crippen LogP contribution in [0.1, 0.15) is 13.3 Å². The molecule has 0 aliphatic carbocycles. The Balaban J connectivity index is 1.66. The molecular weight excluding hydrogens is 412 g/mol. The van der Waals surface area contributed by atoms with Crippen LogP contribution in [0.25, 0.3) is 11.4 Å². The van der Waals surface area contributed by atoms with Gasteiger partial charge in [0.15, 0.2) is 5.82 Å². The van der Waals surface area contributed by atoms with Crippen LogP contribution < -0.4 is 20.7 Å². The molecule has 31 heavy (non-hydrogen) atoms. The highest BCUT2D eigenvalue weighted by Crippen LogP contribution is 2.36. The van der Waals surface area contributed by atoms with Crippen LogP contribution in [0.15, 0.2) is 24.4 Å². The number of hydrogen-bond acceptors (Lipinski definition) is 6. The molecule has 0 bridgehead atoms. The number of hydrogen-bond donors (Lipinski definition) is 2. The number of nitrogens with zero attached hydrogens (tertiary/aromatic N) is 3. The molecule has 2 amide bonds. The Hall–Kier alpha value is -3.21. The highest BCUT2D eigenvalue weighted by Gasteiger charge is 2.34. The molecule has 0 radical (unpaired) electrons. The fraction of sp³-hybridized carbons (Fsp3) is 0.450. The van der Waals surface area contributed by atoms with E-state index in [1.54, 1.807) is 35.9 Å². The lowest BCUT2D eigenvalue weighted by atomic mass is 10.1. The minimum Gasteiger partial charge on any atom is -0.491 e. The van der Waals surface area contributed by atoms with Crippen molar-refractivity contribution in [1.82, 2.24) is 9.55 Å². The van der Waals surface area contributed by atoms with Crippen LogP contribution in [0.5, 0.6) is 5.75 Å². The second-order valence-electron chi connectivity index (χ2n) is 7.43. The zero-order valence-electron chi connectivity index (χ0n) is 16.9. The number of nitrogens with one attached hydrogen (secondary N) is 1. The lowest BCUT2D eigenvalue weighted by Gasteiger charge is -2.30. The van der Waals surface area contributed by atoms with Crippen LogP contribution in [0.2, 0.25) is 0 Å². The SMILES string of the molecule is CC(Nc1ccc2c(c1)OCCn1cc(N(CC(F)F)C(=O)[C@@H]3CCO3)nc1-2)C(N)=O. The Morgan fingerprint density at radius 3 is 2.81 bits per heavy atom. The molecular formula is C20H23F2N5O4. The summed E-state index contributed by atoms with van der Waals surface area (Å²) in [6.45, 7) is 2.07. The summed E-state index contributed by atoms with van der Waals surface area (Å²) in [5.41, 5.74) is 6.58. The fourth-order valence-electron chi connectivity index (χ4n) is 3.45. The van der Waals surface area contributed by atoms with E-state index in [2.05, 4.69) is 10.3 Å². The van der Waals surface area contributed by atoms with E-state index >= 15 is 0 Å². The van der Waals surface area contributed by atoms with Crippen molar-refractivity contribution in [2.45, 2.75) is 38.5 Å². The van der Waals surface area contributed by atoms with E-state index in [0.717, 1.165) is 4.90 Å².